The van der Waals surface area contributed by atoms with Gasteiger partial charge >= 0.3 is 5.97 Å². The lowest BCUT2D eigenvalue weighted by atomic mass is 9.78. The van der Waals surface area contributed by atoms with Gasteiger partial charge in [-0.2, -0.15) is 0 Å². The molecule has 2 atom stereocenters. The summed E-state index contributed by atoms with van der Waals surface area (Å²) in [5, 5.41) is 12.0. The van der Waals surface area contributed by atoms with Gasteiger partial charge in [0.2, 0.25) is 5.91 Å². The molecule has 19 heavy (non-hydrogen) atoms. The van der Waals surface area contributed by atoms with E-state index in [1.54, 1.807) is 0 Å². The first-order chi connectivity index (χ1) is 9.08. The highest BCUT2D eigenvalue weighted by Crippen LogP contribution is 2.31. The van der Waals surface area contributed by atoms with Crippen LogP contribution in [0.1, 0.15) is 25.7 Å². The van der Waals surface area contributed by atoms with Gasteiger partial charge in [-0.25, -0.2) is 0 Å². The molecule has 2 N–H and O–H groups in total. The van der Waals surface area contributed by atoms with Crippen LogP contribution in [0.15, 0.2) is 24.3 Å². The zero-order valence-electron chi connectivity index (χ0n) is 10.4. The summed E-state index contributed by atoms with van der Waals surface area (Å²) in [5.41, 5.74) is 0.722. The van der Waals surface area contributed by atoms with Crippen LogP contribution < -0.4 is 5.32 Å². The molecule has 1 aliphatic carbocycles. The molecule has 0 heterocycles. The molecule has 4 nitrogen and oxygen atoms in total. The summed E-state index contributed by atoms with van der Waals surface area (Å²) in [6, 6.07) is 7.48. The van der Waals surface area contributed by atoms with Crippen LogP contribution in [0.4, 0.5) is 5.69 Å². The fraction of sp³-hybridized carbons (Fsp3) is 0.429. The van der Waals surface area contributed by atoms with Gasteiger partial charge in [-0.05, 0) is 59.7 Å². The number of carboxylic acids is 1. The molecule has 0 saturated heterocycles. The molecule has 102 valence electrons. The Labute approximate surface area is 125 Å². The van der Waals surface area contributed by atoms with Gasteiger partial charge in [0.05, 0.1) is 11.8 Å². The van der Waals surface area contributed by atoms with Gasteiger partial charge in [0, 0.05) is 9.26 Å². The molecule has 0 radical (unpaired) electrons. The summed E-state index contributed by atoms with van der Waals surface area (Å²) in [6.07, 6.45) is 3.08. The lowest BCUT2D eigenvalue weighted by Crippen LogP contribution is -2.36. The molecular formula is C14H16INO3. The second-order valence-electron chi connectivity index (χ2n) is 4.83. The summed E-state index contributed by atoms with van der Waals surface area (Å²) in [6.45, 7) is 0. The van der Waals surface area contributed by atoms with Gasteiger partial charge in [0.1, 0.15) is 0 Å². The quantitative estimate of drug-likeness (QED) is 0.801. The number of hydrogen-bond acceptors (Lipinski definition) is 2. The van der Waals surface area contributed by atoms with E-state index in [0.29, 0.717) is 12.8 Å². The van der Waals surface area contributed by atoms with E-state index >= 15 is 0 Å². The van der Waals surface area contributed by atoms with Crippen molar-refractivity contribution < 1.29 is 14.7 Å². The Kier molecular flexibility index (Phi) is 4.79. The second-order valence-corrected chi connectivity index (χ2v) is 6.08. The smallest absolute Gasteiger partial charge is 0.307 e. The lowest BCUT2D eigenvalue weighted by molar-refractivity contribution is -0.147. The third-order valence-electron chi connectivity index (χ3n) is 3.53. The van der Waals surface area contributed by atoms with E-state index in [2.05, 4.69) is 27.9 Å². The third-order valence-corrected chi connectivity index (χ3v) is 4.25. The highest BCUT2D eigenvalue weighted by atomic mass is 127. The zero-order valence-corrected chi connectivity index (χ0v) is 12.6. The van der Waals surface area contributed by atoms with Crippen molar-refractivity contribution in [2.45, 2.75) is 25.7 Å². The van der Waals surface area contributed by atoms with Crippen LogP contribution in [0.5, 0.6) is 0 Å². The molecule has 0 bridgehead atoms. The third kappa shape index (κ3) is 3.68. The number of anilines is 1. The molecule has 2 rings (SSSR count). The molecule has 1 fully saturated rings. The SMILES string of the molecule is O=C(O)C1CCCCC1C(=O)Nc1ccc(I)cc1. The number of aliphatic carboxylic acids is 1. The van der Waals surface area contributed by atoms with Gasteiger partial charge in [-0.1, -0.05) is 12.8 Å². The Morgan fingerprint density at radius 2 is 1.68 bits per heavy atom. The maximum absolute atomic E-state index is 12.2. The van der Waals surface area contributed by atoms with E-state index in [1.807, 2.05) is 24.3 Å². The molecule has 0 aromatic heterocycles. The maximum Gasteiger partial charge on any atom is 0.307 e. The van der Waals surface area contributed by atoms with Gasteiger partial charge in [0.25, 0.3) is 0 Å². The summed E-state index contributed by atoms with van der Waals surface area (Å²) in [5.74, 6) is -1.99. The molecule has 5 heteroatoms. The zero-order chi connectivity index (χ0) is 13.8. The van der Waals surface area contributed by atoms with Crippen molar-refractivity contribution in [1.82, 2.24) is 0 Å². The lowest BCUT2D eigenvalue weighted by Gasteiger charge is -2.27. The average Bonchev–Trinajstić information content (AvgIpc) is 2.41. The minimum Gasteiger partial charge on any atom is -0.481 e. The predicted molar refractivity (Wildman–Crippen MR) is 80.9 cm³/mol. The average molecular weight is 373 g/mol. The first-order valence-electron chi connectivity index (χ1n) is 6.37. The summed E-state index contributed by atoms with van der Waals surface area (Å²) in [4.78, 5) is 23.4. The molecule has 0 aliphatic heterocycles. The Bertz CT molecular complexity index is 472. The van der Waals surface area contributed by atoms with Crippen molar-refractivity contribution in [3.8, 4) is 0 Å². The molecular weight excluding hydrogens is 357 g/mol. The van der Waals surface area contributed by atoms with Gasteiger partial charge in [-0.3, -0.25) is 9.59 Å². The summed E-state index contributed by atoms with van der Waals surface area (Å²) < 4.78 is 1.09. The number of halogens is 1. The van der Waals surface area contributed by atoms with Gasteiger partial charge in [0.15, 0.2) is 0 Å². The summed E-state index contributed by atoms with van der Waals surface area (Å²) >= 11 is 2.19. The fourth-order valence-electron chi connectivity index (χ4n) is 2.51. The fourth-order valence-corrected chi connectivity index (χ4v) is 2.87. The first-order valence-corrected chi connectivity index (χ1v) is 7.45. The number of nitrogens with one attached hydrogen (secondary N) is 1. The Hall–Kier alpha value is -1.11. The number of carbonyl (C=O) groups excluding carboxylic acids is 1. The monoisotopic (exact) mass is 373 g/mol. The van der Waals surface area contributed by atoms with E-state index < -0.39 is 17.8 Å². The van der Waals surface area contributed by atoms with Crippen molar-refractivity contribution in [2.75, 3.05) is 5.32 Å². The Morgan fingerprint density at radius 1 is 1.11 bits per heavy atom. The van der Waals surface area contributed by atoms with Crippen LogP contribution in [0.25, 0.3) is 0 Å². The first kappa shape index (κ1) is 14.3. The predicted octanol–water partition coefficient (Wildman–Crippen LogP) is 3.12. The van der Waals surface area contributed by atoms with Crippen LogP contribution in [0.2, 0.25) is 0 Å². The van der Waals surface area contributed by atoms with Crippen LogP contribution in [0, 0.1) is 15.4 Å². The second kappa shape index (κ2) is 6.36. The number of amides is 1. The van der Waals surface area contributed by atoms with Gasteiger partial charge in [-0.15, -0.1) is 0 Å². The number of carboxylic acid groups (broad SMARTS) is 1. The number of hydrogen-bond donors (Lipinski definition) is 2. The Balaban J connectivity index is 2.05. The van der Waals surface area contributed by atoms with Crippen LogP contribution in [0.3, 0.4) is 0 Å². The number of benzene rings is 1. The van der Waals surface area contributed by atoms with Crippen molar-refractivity contribution in [3.05, 3.63) is 27.8 Å². The molecule has 1 amide bonds. The normalized spacial score (nSPS) is 22.8. The number of rotatable bonds is 3. The van der Waals surface area contributed by atoms with E-state index in [-0.39, 0.29) is 5.91 Å². The maximum atomic E-state index is 12.2. The minimum absolute atomic E-state index is 0.173. The van der Waals surface area contributed by atoms with Crippen molar-refractivity contribution in [2.24, 2.45) is 11.8 Å². The molecule has 1 aliphatic rings. The standard InChI is InChI=1S/C14H16INO3/c15-9-5-7-10(8-6-9)16-13(17)11-3-1-2-4-12(11)14(18)19/h5-8,11-12H,1-4H2,(H,16,17)(H,18,19). The Morgan fingerprint density at radius 3 is 2.26 bits per heavy atom. The largest absolute Gasteiger partial charge is 0.481 e. The topological polar surface area (TPSA) is 66.4 Å². The molecule has 0 spiro atoms. The van der Waals surface area contributed by atoms with E-state index in [4.69, 9.17) is 0 Å². The highest BCUT2D eigenvalue weighted by Gasteiger charge is 2.35. The molecule has 1 aromatic carbocycles. The van der Waals surface area contributed by atoms with Crippen molar-refractivity contribution in [3.63, 3.8) is 0 Å². The van der Waals surface area contributed by atoms with E-state index in [9.17, 15) is 14.7 Å². The van der Waals surface area contributed by atoms with E-state index in [0.717, 1.165) is 22.1 Å². The summed E-state index contributed by atoms with van der Waals surface area (Å²) in [7, 11) is 0. The molecule has 1 aromatic rings. The van der Waals surface area contributed by atoms with E-state index in [1.165, 1.54) is 0 Å². The highest BCUT2D eigenvalue weighted by molar-refractivity contribution is 14.1. The van der Waals surface area contributed by atoms with Crippen LogP contribution in [-0.2, 0) is 9.59 Å². The minimum atomic E-state index is -0.859. The van der Waals surface area contributed by atoms with Crippen LogP contribution >= 0.6 is 22.6 Å². The van der Waals surface area contributed by atoms with Crippen molar-refractivity contribution >= 4 is 40.2 Å². The molecule has 2 unspecified atom stereocenters. The number of carbonyl (C=O) groups is 2. The molecule has 1 saturated carbocycles. The van der Waals surface area contributed by atoms with Crippen molar-refractivity contribution in [1.29, 1.82) is 0 Å². The van der Waals surface area contributed by atoms with Crippen LogP contribution in [-0.4, -0.2) is 17.0 Å². The van der Waals surface area contributed by atoms with Gasteiger partial charge < -0.3 is 10.4 Å².